The first-order chi connectivity index (χ1) is 21.9. The lowest BCUT2D eigenvalue weighted by atomic mass is 10.0. The highest BCUT2D eigenvalue weighted by Crippen LogP contribution is 2.31. The molecule has 4 aromatic carbocycles. The number of hydrogen-bond donors (Lipinski definition) is 1. The van der Waals surface area contributed by atoms with E-state index in [1.807, 2.05) is 82.3 Å². The molecular weight excluding hydrogens is 641 g/mol. The van der Waals surface area contributed by atoms with Gasteiger partial charge in [-0.2, -0.15) is 0 Å². The van der Waals surface area contributed by atoms with Crippen LogP contribution in [0.1, 0.15) is 36.1 Å². The van der Waals surface area contributed by atoms with Crippen molar-refractivity contribution in [2.24, 2.45) is 5.92 Å². The number of hydrogen-bond acceptors (Lipinski definition) is 4. The predicted octanol–water partition coefficient (Wildman–Crippen LogP) is 7.22. The lowest BCUT2D eigenvalue weighted by molar-refractivity contribution is -0.140. The minimum Gasteiger partial charge on any atom is -0.354 e. The molecule has 0 saturated carbocycles. The molecule has 0 unspecified atom stereocenters. The maximum Gasteiger partial charge on any atom is 0.264 e. The quantitative estimate of drug-likeness (QED) is 0.162. The van der Waals surface area contributed by atoms with Crippen molar-refractivity contribution < 1.29 is 18.0 Å². The molecule has 242 valence electrons. The van der Waals surface area contributed by atoms with Crippen molar-refractivity contribution in [1.82, 2.24) is 10.2 Å². The van der Waals surface area contributed by atoms with Gasteiger partial charge in [0.15, 0.2) is 0 Å². The van der Waals surface area contributed by atoms with Gasteiger partial charge in [-0.1, -0.05) is 109 Å². The van der Waals surface area contributed by atoms with Gasteiger partial charge in [0, 0.05) is 19.5 Å². The Hall–Kier alpha value is -3.85. The summed E-state index contributed by atoms with van der Waals surface area (Å²) >= 11 is 12.5. The molecule has 0 fully saturated rings. The Balaban J connectivity index is 1.82. The predicted molar refractivity (Wildman–Crippen MR) is 186 cm³/mol. The third-order valence-corrected chi connectivity index (χ3v) is 10.2. The highest BCUT2D eigenvalue weighted by Gasteiger charge is 2.35. The molecule has 0 aliphatic carbocycles. The molecule has 0 aliphatic heterocycles. The number of carbonyl (C=O) groups excluding carboxylic acids is 2. The van der Waals surface area contributed by atoms with E-state index in [9.17, 15) is 18.0 Å². The average molecular weight is 681 g/mol. The summed E-state index contributed by atoms with van der Waals surface area (Å²) < 4.78 is 29.4. The van der Waals surface area contributed by atoms with Crippen LogP contribution in [0.25, 0.3) is 0 Å². The number of aryl methyl sites for hydroxylation is 2. The molecule has 1 atom stereocenters. The summed E-state index contributed by atoms with van der Waals surface area (Å²) in [6.07, 6.45) is 0.236. The van der Waals surface area contributed by atoms with E-state index in [0.29, 0.717) is 6.54 Å². The van der Waals surface area contributed by atoms with Gasteiger partial charge >= 0.3 is 0 Å². The van der Waals surface area contributed by atoms with Crippen molar-refractivity contribution in [3.05, 3.63) is 129 Å². The van der Waals surface area contributed by atoms with E-state index in [1.165, 1.54) is 35.2 Å². The van der Waals surface area contributed by atoms with Crippen molar-refractivity contribution in [3.8, 4) is 0 Å². The fraction of sp³-hybridized carbons (Fsp3) is 0.278. The van der Waals surface area contributed by atoms with Gasteiger partial charge in [0.05, 0.1) is 20.6 Å². The summed E-state index contributed by atoms with van der Waals surface area (Å²) in [5.74, 6) is -0.681. The van der Waals surface area contributed by atoms with Crippen LogP contribution in [0.5, 0.6) is 0 Å². The van der Waals surface area contributed by atoms with Gasteiger partial charge in [-0.15, -0.1) is 0 Å². The molecule has 10 heteroatoms. The molecule has 0 aliphatic rings. The first kappa shape index (κ1) is 35.0. The van der Waals surface area contributed by atoms with Gasteiger partial charge < -0.3 is 10.2 Å². The van der Waals surface area contributed by atoms with Crippen molar-refractivity contribution in [3.63, 3.8) is 0 Å². The largest absolute Gasteiger partial charge is 0.354 e. The molecule has 0 saturated heterocycles. The smallest absolute Gasteiger partial charge is 0.264 e. The standard InChI is InChI=1S/C36H39Cl2N3O4S/c1-25(2)22-39-36(43)34(20-28-11-6-5-7-12-28)40(23-29-13-9-8-10-27(29)4)35(42)24-41(30-16-19-32(37)33(38)21-30)46(44,45)31-17-14-26(3)15-18-31/h5-19,21,25,34H,20,22-24H2,1-4H3,(H,39,43)/t34-/m0/s1. The molecule has 0 bridgehead atoms. The lowest BCUT2D eigenvalue weighted by Gasteiger charge is -2.34. The Bertz CT molecular complexity index is 1760. The zero-order valence-electron chi connectivity index (χ0n) is 26.4. The Kier molecular flexibility index (Phi) is 11.9. The van der Waals surface area contributed by atoms with Crippen LogP contribution in [-0.2, 0) is 32.6 Å². The first-order valence-electron chi connectivity index (χ1n) is 15.1. The summed E-state index contributed by atoms with van der Waals surface area (Å²) in [4.78, 5) is 30.0. The van der Waals surface area contributed by atoms with Crippen LogP contribution in [-0.4, -0.2) is 44.3 Å². The van der Waals surface area contributed by atoms with Crippen LogP contribution in [0.3, 0.4) is 0 Å². The van der Waals surface area contributed by atoms with E-state index in [1.54, 1.807) is 12.1 Å². The molecule has 4 rings (SSSR count). The maximum atomic E-state index is 14.6. The van der Waals surface area contributed by atoms with Crippen LogP contribution < -0.4 is 9.62 Å². The van der Waals surface area contributed by atoms with E-state index in [2.05, 4.69) is 5.32 Å². The molecule has 4 aromatic rings. The van der Waals surface area contributed by atoms with Crippen LogP contribution in [0.2, 0.25) is 10.0 Å². The van der Waals surface area contributed by atoms with E-state index in [4.69, 9.17) is 23.2 Å². The number of sulfonamides is 1. The molecule has 0 heterocycles. The third-order valence-electron chi connectivity index (χ3n) is 7.64. The fourth-order valence-corrected chi connectivity index (χ4v) is 6.65. The van der Waals surface area contributed by atoms with Crippen LogP contribution >= 0.6 is 23.2 Å². The zero-order valence-corrected chi connectivity index (χ0v) is 28.7. The van der Waals surface area contributed by atoms with E-state index in [-0.39, 0.29) is 45.4 Å². The van der Waals surface area contributed by atoms with Gasteiger partial charge in [-0.05, 0) is 66.8 Å². The number of carbonyl (C=O) groups is 2. The normalized spacial score (nSPS) is 12.1. The number of benzene rings is 4. The third kappa shape index (κ3) is 8.90. The second-order valence-electron chi connectivity index (χ2n) is 11.7. The van der Waals surface area contributed by atoms with E-state index >= 15 is 0 Å². The van der Waals surface area contributed by atoms with Crippen molar-refractivity contribution in [2.75, 3.05) is 17.4 Å². The topological polar surface area (TPSA) is 86.8 Å². The number of rotatable bonds is 13. The molecule has 46 heavy (non-hydrogen) atoms. The highest BCUT2D eigenvalue weighted by atomic mass is 35.5. The highest BCUT2D eigenvalue weighted by molar-refractivity contribution is 7.92. The van der Waals surface area contributed by atoms with Gasteiger partial charge in [0.25, 0.3) is 10.0 Å². The molecule has 1 N–H and O–H groups in total. The van der Waals surface area contributed by atoms with Crippen LogP contribution in [0.4, 0.5) is 5.69 Å². The lowest BCUT2D eigenvalue weighted by Crippen LogP contribution is -2.53. The van der Waals surface area contributed by atoms with Crippen molar-refractivity contribution >= 4 is 50.7 Å². The van der Waals surface area contributed by atoms with Crippen molar-refractivity contribution in [2.45, 2.75) is 51.6 Å². The molecular formula is C36H39Cl2N3O4S. The number of nitrogens with zero attached hydrogens (tertiary/aromatic N) is 2. The SMILES string of the molecule is Cc1ccc(S(=O)(=O)N(CC(=O)N(Cc2ccccc2C)[C@@H](Cc2ccccc2)C(=O)NCC(C)C)c2ccc(Cl)c(Cl)c2)cc1. The molecule has 0 radical (unpaired) electrons. The molecule has 2 amide bonds. The molecule has 7 nitrogen and oxygen atoms in total. The second kappa shape index (κ2) is 15.6. The monoisotopic (exact) mass is 679 g/mol. The number of amides is 2. The maximum absolute atomic E-state index is 14.6. The number of halogens is 2. The van der Waals surface area contributed by atoms with Gasteiger partial charge in [0.2, 0.25) is 11.8 Å². The zero-order chi connectivity index (χ0) is 33.4. The minimum atomic E-state index is -4.25. The summed E-state index contributed by atoms with van der Waals surface area (Å²) in [5.41, 5.74) is 3.70. The van der Waals surface area contributed by atoms with Crippen LogP contribution in [0.15, 0.2) is 102 Å². The number of anilines is 1. The van der Waals surface area contributed by atoms with Gasteiger partial charge in [-0.25, -0.2) is 8.42 Å². The summed E-state index contributed by atoms with van der Waals surface area (Å²) in [7, 11) is -4.25. The first-order valence-corrected chi connectivity index (χ1v) is 17.3. The van der Waals surface area contributed by atoms with Crippen molar-refractivity contribution in [1.29, 1.82) is 0 Å². The van der Waals surface area contributed by atoms with E-state index in [0.717, 1.165) is 26.6 Å². The van der Waals surface area contributed by atoms with E-state index < -0.39 is 28.5 Å². The Morgan fingerprint density at radius 2 is 1.48 bits per heavy atom. The average Bonchev–Trinajstić information content (AvgIpc) is 3.03. The second-order valence-corrected chi connectivity index (χ2v) is 14.4. The molecule has 0 aromatic heterocycles. The minimum absolute atomic E-state index is 0.0120. The molecule has 0 spiro atoms. The Labute approximate surface area is 282 Å². The van der Waals surface area contributed by atoms with Crippen LogP contribution in [0, 0.1) is 19.8 Å². The summed E-state index contributed by atoms with van der Waals surface area (Å²) in [6.45, 7) is 7.72. The Morgan fingerprint density at radius 1 is 0.826 bits per heavy atom. The summed E-state index contributed by atoms with van der Waals surface area (Å²) in [6, 6.07) is 27.0. The summed E-state index contributed by atoms with van der Waals surface area (Å²) in [5, 5.41) is 3.39. The van der Waals surface area contributed by atoms with Gasteiger partial charge in [-0.3, -0.25) is 13.9 Å². The van der Waals surface area contributed by atoms with Gasteiger partial charge in [0.1, 0.15) is 12.6 Å². The number of nitrogens with one attached hydrogen (secondary N) is 1. The Morgan fingerprint density at radius 3 is 2.11 bits per heavy atom. The fourth-order valence-electron chi connectivity index (χ4n) is 4.95.